The first-order valence-electron chi connectivity index (χ1n) is 5.79. The Balaban J connectivity index is 2.12. The normalized spacial score (nSPS) is 11.9. The number of nitrogens with one attached hydrogen (secondary N) is 1. The molecule has 1 N–H and O–H groups in total. The molecule has 1 atom stereocenters. The predicted molar refractivity (Wildman–Crippen MR) is 69.9 cm³/mol. The quantitative estimate of drug-likeness (QED) is 0.877. The number of para-hydroxylation sites is 1. The van der Waals surface area contributed by atoms with Crippen molar-refractivity contribution in [1.29, 1.82) is 0 Å². The van der Waals surface area contributed by atoms with E-state index in [2.05, 4.69) is 5.32 Å². The van der Waals surface area contributed by atoms with Crippen LogP contribution in [0.1, 0.15) is 18.4 Å². The fraction of sp³-hybridized carbons (Fsp3) is 0.133. The van der Waals surface area contributed by atoms with Crippen LogP contribution in [0.3, 0.4) is 0 Å². The lowest BCUT2D eigenvalue weighted by atomic mass is 10.0. The first-order valence-corrected chi connectivity index (χ1v) is 5.79. The topological polar surface area (TPSA) is 29.1 Å². The van der Waals surface area contributed by atoms with Crippen LogP contribution in [-0.4, -0.2) is 5.91 Å². The summed E-state index contributed by atoms with van der Waals surface area (Å²) >= 11 is 0. The number of amides is 1. The number of hydrogen-bond donors (Lipinski definition) is 1. The van der Waals surface area contributed by atoms with Crippen molar-refractivity contribution in [1.82, 2.24) is 0 Å². The summed E-state index contributed by atoms with van der Waals surface area (Å²) in [5.74, 6) is -0.955. The highest BCUT2D eigenvalue weighted by Crippen LogP contribution is 2.19. The van der Waals surface area contributed by atoms with Crippen LogP contribution >= 0.6 is 0 Å². The number of hydrogen-bond acceptors (Lipinski definition) is 1. The molecule has 0 saturated heterocycles. The molecule has 0 bridgehead atoms. The maximum Gasteiger partial charge on any atom is 0.231 e. The summed E-state index contributed by atoms with van der Waals surface area (Å²) in [4.78, 5) is 12.0. The van der Waals surface area contributed by atoms with Crippen molar-refractivity contribution in [2.24, 2.45) is 0 Å². The standard InChI is InChI=1S/C15H14FNO/c1-11(12-7-3-2-4-8-12)15(18)17-14-10-6-5-9-13(14)16/h2-11H,1H3,(H,17,18). The minimum Gasteiger partial charge on any atom is -0.323 e. The van der Waals surface area contributed by atoms with Crippen molar-refractivity contribution in [2.45, 2.75) is 12.8 Å². The van der Waals surface area contributed by atoms with Crippen molar-refractivity contribution in [3.05, 3.63) is 66.0 Å². The number of benzene rings is 2. The minimum absolute atomic E-state index is 0.213. The third-order valence-electron chi connectivity index (χ3n) is 2.82. The smallest absolute Gasteiger partial charge is 0.231 e. The van der Waals surface area contributed by atoms with E-state index < -0.39 is 5.82 Å². The van der Waals surface area contributed by atoms with Crippen LogP contribution in [0.5, 0.6) is 0 Å². The molecule has 0 fully saturated rings. The van der Waals surface area contributed by atoms with Crippen molar-refractivity contribution < 1.29 is 9.18 Å². The Labute approximate surface area is 105 Å². The molecule has 2 aromatic rings. The van der Waals surface area contributed by atoms with Crippen molar-refractivity contribution >= 4 is 11.6 Å². The molecule has 3 heteroatoms. The van der Waals surface area contributed by atoms with Gasteiger partial charge in [-0.25, -0.2) is 4.39 Å². The van der Waals surface area contributed by atoms with Crippen LogP contribution in [0.2, 0.25) is 0 Å². The lowest BCUT2D eigenvalue weighted by Gasteiger charge is -2.12. The number of carbonyl (C=O) groups excluding carboxylic acids is 1. The highest BCUT2D eigenvalue weighted by atomic mass is 19.1. The predicted octanol–water partition coefficient (Wildman–Crippen LogP) is 3.57. The largest absolute Gasteiger partial charge is 0.323 e. The molecule has 18 heavy (non-hydrogen) atoms. The Morgan fingerprint density at radius 3 is 2.33 bits per heavy atom. The van der Waals surface area contributed by atoms with Crippen LogP contribution in [0, 0.1) is 5.82 Å². The molecule has 0 aliphatic rings. The molecule has 0 saturated carbocycles. The molecular weight excluding hydrogens is 229 g/mol. The second-order valence-corrected chi connectivity index (χ2v) is 4.10. The van der Waals surface area contributed by atoms with Crippen LogP contribution < -0.4 is 5.32 Å². The van der Waals surface area contributed by atoms with Gasteiger partial charge in [-0.3, -0.25) is 4.79 Å². The monoisotopic (exact) mass is 243 g/mol. The van der Waals surface area contributed by atoms with Crippen molar-refractivity contribution in [3.63, 3.8) is 0 Å². The average Bonchev–Trinajstić information content (AvgIpc) is 2.41. The number of rotatable bonds is 3. The molecule has 2 rings (SSSR count). The molecule has 0 radical (unpaired) electrons. The molecule has 0 heterocycles. The molecule has 1 unspecified atom stereocenters. The zero-order valence-electron chi connectivity index (χ0n) is 10.1. The fourth-order valence-corrected chi connectivity index (χ4v) is 1.70. The molecule has 92 valence electrons. The van der Waals surface area contributed by atoms with Gasteiger partial charge in [-0.2, -0.15) is 0 Å². The zero-order valence-corrected chi connectivity index (χ0v) is 10.1. The molecule has 0 aromatic heterocycles. The molecule has 1 amide bonds. The van der Waals surface area contributed by atoms with Crippen molar-refractivity contribution in [2.75, 3.05) is 5.32 Å². The summed E-state index contributed by atoms with van der Waals surface area (Å²) in [6.07, 6.45) is 0. The average molecular weight is 243 g/mol. The van der Waals surface area contributed by atoms with Crippen molar-refractivity contribution in [3.8, 4) is 0 Å². The highest BCUT2D eigenvalue weighted by molar-refractivity contribution is 5.95. The third kappa shape index (κ3) is 2.74. The number of carbonyl (C=O) groups is 1. The third-order valence-corrected chi connectivity index (χ3v) is 2.82. The van der Waals surface area contributed by atoms with E-state index in [4.69, 9.17) is 0 Å². The molecular formula is C15H14FNO. The van der Waals surface area contributed by atoms with Gasteiger partial charge in [-0.05, 0) is 24.6 Å². The van der Waals surface area contributed by atoms with E-state index in [9.17, 15) is 9.18 Å². The van der Waals surface area contributed by atoms with E-state index in [1.54, 1.807) is 25.1 Å². The molecule has 0 aliphatic heterocycles. The summed E-state index contributed by atoms with van der Waals surface area (Å²) < 4.78 is 13.4. The molecule has 0 spiro atoms. The van der Waals surface area contributed by atoms with Crippen LogP contribution in [0.4, 0.5) is 10.1 Å². The Morgan fingerprint density at radius 1 is 1.06 bits per heavy atom. The molecule has 2 nitrogen and oxygen atoms in total. The van der Waals surface area contributed by atoms with Crippen LogP contribution in [-0.2, 0) is 4.79 Å². The van der Waals surface area contributed by atoms with Gasteiger partial charge in [0.2, 0.25) is 5.91 Å². The van der Waals surface area contributed by atoms with Crippen LogP contribution in [0.25, 0.3) is 0 Å². The summed E-state index contributed by atoms with van der Waals surface area (Å²) in [6, 6.07) is 15.6. The van der Waals surface area contributed by atoms with E-state index >= 15 is 0 Å². The van der Waals surface area contributed by atoms with E-state index in [-0.39, 0.29) is 17.5 Å². The van der Waals surface area contributed by atoms with Gasteiger partial charge in [0.15, 0.2) is 0 Å². The van der Waals surface area contributed by atoms with Gasteiger partial charge in [-0.1, -0.05) is 42.5 Å². The Morgan fingerprint density at radius 2 is 1.67 bits per heavy atom. The van der Waals surface area contributed by atoms with Gasteiger partial charge < -0.3 is 5.32 Å². The Kier molecular flexibility index (Phi) is 3.72. The van der Waals surface area contributed by atoms with Gasteiger partial charge in [0.1, 0.15) is 5.82 Å². The Hall–Kier alpha value is -2.16. The fourth-order valence-electron chi connectivity index (χ4n) is 1.70. The second kappa shape index (κ2) is 5.45. The van der Waals surface area contributed by atoms with E-state index in [1.807, 2.05) is 30.3 Å². The number of anilines is 1. The summed E-state index contributed by atoms with van der Waals surface area (Å²) in [7, 11) is 0. The van der Waals surface area contributed by atoms with E-state index in [1.165, 1.54) is 6.07 Å². The molecule has 0 aliphatic carbocycles. The number of halogens is 1. The van der Waals surface area contributed by atoms with Gasteiger partial charge in [-0.15, -0.1) is 0 Å². The van der Waals surface area contributed by atoms with E-state index in [0.29, 0.717) is 0 Å². The van der Waals surface area contributed by atoms with Gasteiger partial charge in [0.05, 0.1) is 11.6 Å². The summed E-state index contributed by atoms with van der Waals surface area (Å²) in [6.45, 7) is 1.80. The van der Waals surface area contributed by atoms with Gasteiger partial charge in [0, 0.05) is 0 Å². The van der Waals surface area contributed by atoms with E-state index in [0.717, 1.165) is 5.56 Å². The summed E-state index contributed by atoms with van der Waals surface area (Å²) in [5.41, 5.74) is 1.12. The van der Waals surface area contributed by atoms with Gasteiger partial charge >= 0.3 is 0 Å². The first kappa shape index (κ1) is 12.3. The first-order chi connectivity index (χ1) is 8.68. The lowest BCUT2D eigenvalue weighted by molar-refractivity contribution is -0.117. The minimum atomic E-state index is -0.425. The van der Waals surface area contributed by atoms with Crippen LogP contribution in [0.15, 0.2) is 54.6 Å². The highest BCUT2D eigenvalue weighted by Gasteiger charge is 2.15. The Bertz CT molecular complexity index is 539. The SMILES string of the molecule is CC(C(=O)Nc1ccccc1F)c1ccccc1. The second-order valence-electron chi connectivity index (χ2n) is 4.10. The lowest BCUT2D eigenvalue weighted by Crippen LogP contribution is -2.19. The van der Waals surface area contributed by atoms with Gasteiger partial charge in [0.25, 0.3) is 0 Å². The maximum absolute atomic E-state index is 13.4. The molecule has 2 aromatic carbocycles. The maximum atomic E-state index is 13.4. The zero-order chi connectivity index (χ0) is 13.0. The summed E-state index contributed by atoms with van der Waals surface area (Å²) in [5, 5.41) is 2.59.